The number of benzene rings is 1. The van der Waals surface area contributed by atoms with Crippen molar-refractivity contribution in [1.82, 2.24) is 5.32 Å². The molecule has 0 amide bonds. The molecule has 104 valence electrons. The molecule has 0 unspecified atom stereocenters. The summed E-state index contributed by atoms with van der Waals surface area (Å²) in [7, 11) is 0. The average Bonchev–Trinajstić information content (AvgIpc) is 2.98. The molecule has 1 fully saturated rings. The maximum absolute atomic E-state index is 10.2. The summed E-state index contributed by atoms with van der Waals surface area (Å²) in [5.41, 5.74) is 0.510. The van der Waals surface area contributed by atoms with Gasteiger partial charge in [-0.25, -0.2) is 0 Å². The zero-order valence-corrected chi connectivity index (χ0v) is 11.5. The molecule has 0 bridgehead atoms. The van der Waals surface area contributed by atoms with Gasteiger partial charge in [-0.3, -0.25) is 0 Å². The molecule has 0 spiro atoms. The molecule has 3 rings (SSSR count). The summed E-state index contributed by atoms with van der Waals surface area (Å²) in [5.74, 6) is 1.32. The maximum Gasteiger partial charge on any atom is 0.231 e. The van der Waals surface area contributed by atoms with E-state index in [9.17, 15) is 5.11 Å². The number of nitrogens with one attached hydrogen (secondary N) is 1. The lowest BCUT2D eigenvalue weighted by atomic mass is 10.0. The van der Waals surface area contributed by atoms with Crippen molar-refractivity contribution in [2.45, 2.75) is 37.8 Å². The van der Waals surface area contributed by atoms with Crippen molar-refractivity contribution < 1.29 is 14.6 Å². The van der Waals surface area contributed by atoms with Gasteiger partial charge in [-0.15, -0.1) is 0 Å². The number of aliphatic hydroxyl groups is 1. The average molecular weight is 284 g/mol. The van der Waals surface area contributed by atoms with E-state index >= 15 is 0 Å². The lowest BCUT2D eigenvalue weighted by molar-refractivity contribution is 0.0475. The van der Waals surface area contributed by atoms with Gasteiger partial charge >= 0.3 is 0 Å². The molecule has 0 atom stereocenters. The Morgan fingerprint density at radius 1 is 1.26 bits per heavy atom. The fourth-order valence-electron chi connectivity index (χ4n) is 2.77. The highest BCUT2D eigenvalue weighted by Gasteiger charge is 2.30. The van der Waals surface area contributed by atoms with Gasteiger partial charge in [0.2, 0.25) is 6.79 Å². The van der Waals surface area contributed by atoms with Crippen molar-refractivity contribution in [2.75, 3.05) is 13.3 Å². The zero-order valence-electron chi connectivity index (χ0n) is 10.7. The SMILES string of the molecule is OC1(CNCc2cc(Cl)c3c(c2)OCO3)CCCC1. The molecule has 0 aromatic heterocycles. The topological polar surface area (TPSA) is 50.7 Å². The van der Waals surface area contributed by atoms with E-state index in [1.807, 2.05) is 12.1 Å². The van der Waals surface area contributed by atoms with Crippen LogP contribution in [0.1, 0.15) is 31.2 Å². The molecule has 0 radical (unpaired) electrons. The maximum atomic E-state index is 10.2. The Kier molecular flexibility index (Phi) is 3.56. The van der Waals surface area contributed by atoms with E-state index in [0.29, 0.717) is 29.6 Å². The Morgan fingerprint density at radius 2 is 2.05 bits per heavy atom. The number of hydrogen-bond donors (Lipinski definition) is 2. The first kappa shape index (κ1) is 13.0. The van der Waals surface area contributed by atoms with Crippen molar-refractivity contribution in [3.05, 3.63) is 22.7 Å². The zero-order chi connectivity index (χ0) is 13.3. The minimum Gasteiger partial charge on any atom is -0.454 e. The first-order chi connectivity index (χ1) is 9.16. The van der Waals surface area contributed by atoms with Crippen LogP contribution in [-0.4, -0.2) is 24.0 Å². The second-order valence-corrected chi connectivity index (χ2v) is 5.75. The van der Waals surface area contributed by atoms with Crippen molar-refractivity contribution in [1.29, 1.82) is 0 Å². The van der Waals surface area contributed by atoms with E-state index in [1.165, 1.54) is 0 Å². The van der Waals surface area contributed by atoms with E-state index in [4.69, 9.17) is 21.1 Å². The van der Waals surface area contributed by atoms with Crippen molar-refractivity contribution in [2.24, 2.45) is 0 Å². The summed E-state index contributed by atoms with van der Waals surface area (Å²) in [4.78, 5) is 0. The lowest BCUT2D eigenvalue weighted by Crippen LogP contribution is -2.37. The van der Waals surface area contributed by atoms with Crippen molar-refractivity contribution in [3.8, 4) is 11.5 Å². The number of ether oxygens (including phenoxy) is 2. The van der Waals surface area contributed by atoms with Crippen LogP contribution in [-0.2, 0) is 6.54 Å². The van der Waals surface area contributed by atoms with Crippen LogP contribution < -0.4 is 14.8 Å². The predicted octanol–water partition coefficient (Wildman–Crippen LogP) is 2.46. The van der Waals surface area contributed by atoms with Crippen LogP contribution in [0.5, 0.6) is 11.5 Å². The second-order valence-electron chi connectivity index (χ2n) is 5.35. The van der Waals surface area contributed by atoms with Crippen LogP contribution >= 0.6 is 11.6 Å². The number of hydrogen-bond acceptors (Lipinski definition) is 4. The highest BCUT2D eigenvalue weighted by Crippen LogP contribution is 2.39. The Hall–Kier alpha value is -0.970. The Balaban J connectivity index is 1.60. The van der Waals surface area contributed by atoms with Gasteiger partial charge in [0, 0.05) is 13.1 Å². The molecule has 1 aromatic carbocycles. The standard InChI is InChI=1S/C14H18ClNO3/c15-11-5-10(6-12-13(11)19-9-18-12)7-16-8-14(17)3-1-2-4-14/h5-6,16-17H,1-4,7-9H2. The third-order valence-electron chi connectivity index (χ3n) is 3.80. The quantitative estimate of drug-likeness (QED) is 0.891. The van der Waals surface area contributed by atoms with Crippen molar-refractivity contribution >= 4 is 11.6 Å². The summed E-state index contributed by atoms with van der Waals surface area (Å²) in [5, 5.41) is 14.1. The fourth-order valence-corrected chi connectivity index (χ4v) is 3.06. The highest BCUT2D eigenvalue weighted by atomic mass is 35.5. The molecule has 4 nitrogen and oxygen atoms in total. The van der Waals surface area contributed by atoms with Crippen LogP contribution in [0.15, 0.2) is 12.1 Å². The van der Waals surface area contributed by atoms with Gasteiger partial charge in [0.15, 0.2) is 11.5 Å². The molecule has 5 heteroatoms. The fraction of sp³-hybridized carbons (Fsp3) is 0.571. The lowest BCUT2D eigenvalue weighted by Gasteiger charge is -2.22. The molecule has 1 saturated carbocycles. The molecular formula is C14H18ClNO3. The molecule has 19 heavy (non-hydrogen) atoms. The van der Waals surface area contributed by atoms with E-state index < -0.39 is 5.60 Å². The molecule has 1 aromatic rings. The summed E-state index contributed by atoms with van der Waals surface area (Å²) in [6, 6.07) is 3.81. The summed E-state index contributed by atoms with van der Waals surface area (Å²) < 4.78 is 10.6. The largest absolute Gasteiger partial charge is 0.454 e. The van der Waals surface area contributed by atoms with E-state index in [-0.39, 0.29) is 6.79 Å². The van der Waals surface area contributed by atoms with Crippen molar-refractivity contribution in [3.63, 3.8) is 0 Å². The first-order valence-corrected chi connectivity index (χ1v) is 7.05. The number of rotatable bonds is 4. The summed E-state index contributed by atoms with van der Waals surface area (Å²) in [6.45, 7) is 1.52. The molecule has 0 saturated heterocycles. The van der Waals surface area contributed by atoms with E-state index in [0.717, 1.165) is 31.2 Å². The van der Waals surface area contributed by atoms with Gasteiger partial charge in [0.1, 0.15) is 0 Å². The van der Waals surface area contributed by atoms with Crippen LogP contribution in [0, 0.1) is 0 Å². The van der Waals surface area contributed by atoms with Crippen LogP contribution in [0.4, 0.5) is 0 Å². The van der Waals surface area contributed by atoms with E-state index in [2.05, 4.69) is 5.32 Å². The number of fused-ring (bicyclic) bond motifs is 1. The third-order valence-corrected chi connectivity index (χ3v) is 4.09. The summed E-state index contributed by atoms with van der Waals surface area (Å²) >= 11 is 6.13. The molecule has 1 aliphatic carbocycles. The van der Waals surface area contributed by atoms with Gasteiger partial charge in [0.05, 0.1) is 10.6 Å². The normalized spacial score (nSPS) is 19.9. The molecule has 1 aliphatic heterocycles. The second kappa shape index (κ2) is 5.19. The predicted molar refractivity (Wildman–Crippen MR) is 72.7 cm³/mol. The Morgan fingerprint density at radius 3 is 2.84 bits per heavy atom. The monoisotopic (exact) mass is 283 g/mol. The Labute approximate surface area is 117 Å². The van der Waals surface area contributed by atoms with E-state index in [1.54, 1.807) is 0 Å². The Bertz CT molecular complexity index is 472. The van der Waals surface area contributed by atoms with Crippen LogP contribution in [0.3, 0.4) is 0 Å². The molecule has 2 aliphatic rings. The number of halogens is 1. The third kappa shape index (κ3) is 2.81. The van der Waals surface area contributed by atoms with Crippen LogP contribution in [0.25, 0.3) is 0 Å². The minimum absolute atomic E-state index is 0.228. The molecule has 1 heterocycles. The molecule has 2 N–H and O–H groups in total. The van der Waals surface area contributed by atoms with Gasteiger partial charge in [-0.2, -0.15) is 0 Å². The first-order valence-electron chi connectivity index (χ1n) is 6.67. The highest BCUT2D eigenvalue weighted by molar-refractivity contribution is 6.32. The summed E-state index contributed by atoms with van der Waals surface area (Å²) in [6.07, 6.45) is 4.02. The minimum atomic E-state index is -0.528. The molecular weight excluding hydrogens is 266 g/mol. The van der Waals surface area contributed by atoms with Gasteiger partial charge in [0.25, 0.3) is 0 Å². The smallest absolute Gasteiger partial charge is 0.231 e. The van der Waals surface area contributed by atoms with Gasteiger partial charge in [-0.05, 0) is 30.5 Å². The van der Waals surface area contributed by atoms with Gasteiger partial charge in [-0.1, -0.05) is 24.4 Å². The van der Waals surface area contributed by atoms with Gasteiger partial charge < -0.3 is 19.9 Å². The van der Waals surface area contributed by atoms with Crippen LogP contribution in [0.2, 0.25) is 5.02 Å².